The van der Waals surface area contributed by atoms with E-state index in [0.29, 0.717) is 28.2 Å². The molecule has 138 valence electrons. The molecule has 4 rings (SSSR count). The standard InChI is InChI=1S/C20H15N5O3/c26-18(12-25-13-23-17-7-2-1-6-16(17)20(25)27)24-14-4-3-5-15(10-14)28-19-11-21-8-9-22-19/h1-11,13H,12H2,(H,24,26). The van der Waals surface area contributed by atoms with Crippen molar-refractivity contribution < 1.29 is 9.53 Å². The Bertz CT molecular complexity index is 1190. The number of anilines is 1. The molecule has 0 saturated heterocycles. The smallest absolute Gasteiger partial charge is 0.261 e. The first-order chi connectivity index (χ1) is 13.7. The minimum Gasteiger partial charge on any atom is -0.437 e. The zero-order valence-electron chi connectivity index (χ0n) is 14.6. The van der Waals surface area contributed by atoms with Gasteiger partial charge in [0.15, 0.2) is 0 Å². The molecule has 0 aliphatic heterocycles. The van der Waals surface area contributed by atoms with Crippen molar-refractivity contribution in [2.45, 2.75) is 6.54 Å². The van der Waals surface area contributed by atoms with Gasteiger partial charge in [-0.2, -0.15) is 0 Å². The Kier molecular flexibility index (Phi) is 4.75. The van der Waals surface area contributed by atoms with Crippen LogP contribution in [0.2, 0.25) is 0 Å². The van der Waals surface area contributed by atoms with E-state index in [4.69, 9.17) is 4.74 Å². The van der Waals surface area contributed by atoms with Crippen molar-refractivity contribution >= 4 is 22.5 Å². The molecule has 0 aliphatic carbocycles. The van der Waals surface area contributed by atoms with Crippen molar-refractivity contribution in [2.24, 2.45) is 0 Å². The lowest BCUT2D eigenvalue weighted by molar-refractivity contribution is -0.116. The summed E-state index contributed by atoms with van der Waals surface area (Å²) >= 11 is 0. The predicted molar refractivity (Wildman–Crippen MR) is 103 cm³/mol. The van der Waals surface area contributed by atoms with E-state index < -0.39 is 0 Å². The Morgan fingerprint density at radius 3 is 2.82 bits per heavy atom. The monoisotopic (exact) mass is 373 g/mol. The summed E-state index contributed by atoms with van der Waals surface area (Å²) in [6.45, 7) is -0.147. The highest BCUT2D eigenvalue weighted by Gasteiger charge is 2.09. The molecule has 8 nitrogen and oxygen atoms in total. The summed E-state index contributed by atoms with van der Waals surface area (Å²) in [6, 6.07) is 13.9. The number of nitrogens with zero attached hydrogens (tertiary/aromatic N) is 4. The fourth-order valence-corrected chi connectivity index (χ4v) is 2.67. The Balaban J connectivity index is 1.48. The molecule has 0 bridgehead atoms. The van der Waals surface area contributed by atoms with Gasteiger partial charge in [0.2, 0.25) is 11.8 Å². The predicted octanol–water partition coefficient (Wildman–Crippen LogP) is 2.62. The van der Waals surface area contributed by atoms with Crippen molar-refractivity contribution in [2.75, 3.05) is 5.32 Å². The number of carbonyl (C=O) groups is 1. The van der Waals surface area contributed by atoms with Gasteiger partial charge in [-0.1, -0.05) is 18.2 Å². The average molecular weight is 373 g/mol. The second-order valence-electron chi connectivity index (χ2n) is 5.92. The molecule has 0 radical (unpaired) electrons. The second-order valence-corrected chi connectivity index (χ2v) is 5.92. The second kappa shape index (κ2) is 7.67. The summed E-state index contributed by atoms with van der Waals surface area (Å²) in [4.78, 5) is 37.0. The highest BCUT2D eigenvalue weighted by molar-refractivity contribution is 5.91. The Morgan fingerprint density at radius 2 is 1.96 bits per heavy atom. The lowest BCUT2D eigenvalue weighted by Crippen LogP contribution is -2.27. The maximum atomic E-state index is 12.5. The minimum absolute atomic E-state index is 0.147. The zero-order chi connectivity index (χ0) is 19.3. The lowest BCUT2D eigenvalue weighted by Gasteiger charge is -2.09. The van der Waals surface area contributed by atoms with Gasteiger partial charge in [-0.15, -0.1) is 0 Å². The summed E-state index contributed by atoms with van der Waals surface area (Å²) in [7, 11) is 0. The number of nitrogens with one attached hydrogen (secondary N) is 1. The van der Waals surface area contributed by atoms with Crippen molar-refractivity contribution in [3.63, 3.8) is 0 Å². The van der Waals surface area contributed by atoms with Crippen molar-refractivity contribution in [3.05, 3.63) is 83.8 Å². The summed E-state index contributed by atoms with van der Waals surface area (Å²) in [5.74, 6) is 0.499. The number of aromatic nitrogens is 4. The Morgan fingerprint density at radius 1 is 1.07 bits per heavy atom. The van der Waals surface area contributed by atoms with E-state index in [2.05, 4.69) is 20.3 Å². The van der Waals surface area contributed by atoms with Gasteiger partial charge in [0.25, 0.3) is 5.56 Å². The summed E-state index contributed by atoms with van der Waals surface area (Å²) in [5.41, 5.74) is 0.867. The maximum Gasteiger partial charge on any atom is 0.261 e. The normalized spacial score (nSPS) is 10.6. The molecule has 2 aromatic carbocycles. The molecule has 1 N–H and O–H groups in total. The largest absolute Gasteiger partial charge is 0.437 e. The van der Waals surface area contributed by atoms with E-state index in [9.17, 15) is 9.59 Å². The van der Waals surface area contributed by atoms with Gasteiger partial charge in [-0.05, 0) is 24.3 Å². The van der Waals surface area contributed by atoms with E-state index in [1.807, 2.05) is 6.07 Å². The Labute approximate surface area is 159 Å². The molecular formula is C20H15N5O3. The van der Waals surface area contributed by atoms with Crippen LogP contribution in [0.15, 0.2) is 78.2 Å². The van der Waals surface area contributed by atoms with Gasteiger partial charge >= 0.3 is 0 Å². The van der Waals surface area contributed by atoms with Crippen molar-refractivity contribution in [3.8, 4) is 11.6 Å². The molecule has 1 amide bonds. The molecule has 0 saturated carbocycles. The number of carbonyl (C=O) groups excluding carboxylic acids is 1. The first kappa shape index (κ1) is 17.3. The molecule has 28 heavy (non-hydrogen) atoms. The van der Waals surface area contributed by atoms with Crippen LogP contribution in [0.4, 0.5) is 5.69 Å². The van der Waals surface area contributed by atoms with Crippen LogP contribution in [-0.4, -0.2) is 25.4 Å². The average Bonchev–Trinajstić information content (AvgIpc) is 2.71. The topological polar surface area (TPSA) is 99.0 Å². The molecular weight excluding hydrogens is 358 g/mol. The summed E-state index contributed by atoms with van der Waals surface area (Å²) in [5, 5.41) is 3.22. The van der Waals surface area contributed by atoms with E-state index in [1.54, 1.807) is 48.7 Å². The molecule has 0 fully saturated rings. The number of para-hydroxylation sites is 1. The summed E-state index contributed by atoms with van der Waals surface area (Å²) < 4.78 is 6.87. The van der Waals surface area contributed by atoms with Crippen LogP contribution in [0.3, 0.4) is 0 Å². The molecule has 0 atom stereocenters. The minimum atomic E-state index is -0.351. The number of benzene rings is 2. The van der Waals surface area contributed by atoms with Gasteiger partial charge in [0, 0.05) is 24.1 Å². The van der Waals surface area contributed by atoms with Gasteiger partial charge in [0.05, 0.1) is 23.4 Å². The van der Waals surface area contributed by atoms with Gasteiger partial charge in [-0.25, -0.2) is 9.97 Å². The van der Waals surface area contributed by atoms with Crippen LogP contribution in [0.1, 0.15) is 0 Å². The third-order valence-electron chi connectivity index (χ3n) is 3.93. The van der Waals surface area contributed by atoms with Crippen molar-refractivity contribution in [1.29, 1.82) is 0 Å². The highest BCUT2D eigenvalue weighted by Crippen LogP contribution is 2.22. The summed E-state index contributed by atoms with van der Waals surface area (Å²) in [6.07, 6.45) is 5.94. The SMILES string of the molecule is O=C(Cn1cnc2ccccc2c1=O)Nc1cccc(Oc2cnccn2)c1. The van der Waals surface area contributed by atoms with Crippen LogP contribution in [-0.2, 0) is 11.3 Å². The first-order valence-electron chi connectivity index (χ1n) is 8.47. The number of rotatable bonds is 5. The van der Waals surface area contributed by atoms with E-state index >= 15 is 0 Å². The molecule has 4 aromatic rings. The van der Waals surface area contributed by atoms with Crippen LogP contribution >= 0.6 is 0 Å². The van der Waals surface area contributed by atoms with E-state index in [0.717, 1.165) is 0 Å². The molecule has 0 spiro atoms. The van der Waals surface area contributed by atoms with E-state index in [1.165, 1.54) is 23.3 Å². The first-order valence-corrected chi connectivity index (χ1v) is 8.47. The number of hydrogen-bond donors (Lipinski definition) is 1. The van der Waals surface area contributed by atoms with Gasteiger partial charge in [0.1, 0.15) is 12.3 Å². The zero-order valence-corrected chi connectivity index (χ0v) is 14.6. The van der Waals surface area contributed by atoms with Crippen LogP contribution in [0, 0.1) is 0 Å². The number of amides is 1. The van der Waals surface area contributed by atoms with E-state index in [-0.39, 0.29) is 18.0 Å². The fraction of sp³-hybridized carbons (Fsp3) is 0.0500. The molecule has 2 aromatic heterocycles. The number of fused-ring (bicyclic) bond motifs is 1. The lowest BCUT2D eigenvalue weighted by atomic mass is 10.2. The Hall–Kier alpha value is -4.07. The van der Waals surface area contributed by atoms with Gasteiger partial charge in [-0.3, -0.25) is 19.1 Å². The van der Waals surface area contributed by atoms with Crippen LogP contribution in [0.25, 0.3) is 10.9 Å². The molecule has 8 heteroatoms. The fourth-order valence-electron chi connectivity index (χ4n) is 2.67. The molecule has 2 heterocycles. The maximum absolute atomic E-state index is 12.5. The van der Waals surface area contributed by atoms with Crippen LogP contribution in [0.5, 0.6) is 11.6 Å². The number of ether oxygens (including phenoxy) is 1. The quantitative estimate of drug-likeness (QED) is 0.577. The van der Waals surface area contributed by atoms with Gasteiger partial charge < -0.3 is 10.1 Å². The van der Waals surface area contributed by atoms with Crippen LogP contribution < -0.4 is 15.6 Å². The third kappa shape index (κ3) is 3.85. The third-order valence-corrected chi connectivity index (χ3v) is 3.93. The molecule has 0 unspecified atom stereocenters. The molecule has 0 aliphatic rings. The van der Waals surface area contributed by atoms with Crippen molar-refractivity contribution in [1.82, 2.24) is 19.5 Å². The highest BCUT2D eigenvalue weighted by atomic mass is 16.5. The number of hydrogen-bond acceptors (Lipinski definition) is 6.